The molecule has 1 aromatic carbocycles. The van der Waals surface area contributed by atoms with Gasteiger partial charge in [0.15, 0.2) is 0 Å². The third-order valence-electron chi connectivity index (χ3n) is 3.42. The maximum absolute atomic E-state index is 12.8. The van der Waals surface area contributed by atoms with Crippen molar-refractivity contribution in [1.29, 1.82) is 0 Å². The monoisotopic (exact) mass is 250 g/mol. The molecular weight excluding hydrogens is 231 g/mol. The second-order valence-corrected chi connectivity index (χ2v) is 4.78. The topological polar surface area (TPSA) is 32.3 Å². The van der Waals surface area contributed by atoms with Crippen molar-refractivity contribution < 1.29 is 9.18 Å². The van der Waals surface area contributed by atoms with Gasteiger partial charge in [-0.2, -0.15) is 0 Å². The van der Waals surface area contributed by atoms with Crippen molar-refractivity contribution in [1.82, 2.24) is 5.32 Å². The summed E-state index contributed by atoms with van der Waals surface area (Å²) in [4.78, 5) is 13.7. The number of halogens is 1. The van der Waals surface area contributed by atoms with E-state index in [4.69, 9.17) is 0 Å². The van der Waals surface area contributed by atoms with E-state index in [2.05, 4.69) is 5.32 Å². The highest BCUT2D eigenvalue weighted by molar-refractivity contribution is 5.93. The Morgan fingerprint density at radius 2 is 2.11 bits per heavy atom. The summed E-state index contributed by atoms with van der Waals surface area (Å²) in [6.45, 7) is 0.998. The second-order valence-electron chi connectivity index (χ2n) is 4.78. The van der Waals surface area contributed by atoms with Crippen molar-refractivity contribution in [3.63, 3.8) is 0 Å². The van der Waals surface area contributed by atoms with Crippen LogP contribution in [-0.2, 0) is 4.79 Å². The molecule has 1 atom stereocenters. The second kappa shape index (κ2) is 5.96. The van der Waals surface area contributed by atoms with Crippen LogP contribution in [0.4, 0.5) is 10.1 Å². The molecule has 1 N–H and O–H groups in total. The fraction of sp³-hybridized carbons (Fsp3) is 0.500. The van der Waals surface area contributed by atoms with Crippen LogP contribution in [0.2, 0.25) is 0 Å². The van der Waals surface area contributed by atoms with Gasteiger partial charge in [0.1, 0.15) is 5.82 Å². The summed E-state index contributed by atoms with van der Waals surface area (Å²) in [6.07, 6.45) is 3.95. The van der Waals surface area contributed by atoms with Gasteiger partial charge >= 0.3 is 0 Å². The maximum Gasteiger partial charge on any atom is 0.228 e. The molecule has 4 heteroatoms. The van der Waals surface area contributed by atoms with Gasteiger partial charge in [0, 0.05) is 25.2 Å². The standard InChI is InChI=1S/C14H19FN2O/c1-17(13-7-5-11(15)6-8-13)14(18)10-12-4-2-3-9-16-12/h5-8,12,16H,2-4,9-10H2,1H3. The minimum Gasteiger partial charge on any atom is -0.315 e. The smallest absolute Gasteiger partial charge is 0.228 e. The first-order valence-electron chi connectivity index (χ1n) is 6.42. The molecule has 0 aliphatic carbocycles. The third kappa shape index (κ3) is 3.29. The van der Waals surface area contributed by atoms with Gasteiger partial charge in [0.05, 0.1) is 0 Å². The number of hydrogen-bond acceptors (Lipinski definition) is 2. The number of rotatable bonds is 3. The lowest BCUT2D eigenvalue weighted by atomic mass is 10.0. The Morgan fingerprint density at radius 3 is 2.72 bits per heavy atom. The van der Waals surface area contributed by atoms with E-state index in [0.29, 0.717) is 6.42 Å². The van der Waals surface area contributed by atoms with Gasteiger partial charge in [0.2, 0.25) is 5.91 Å². The summed E-state index contributed by atoms with van der Waals surface area (Å²) in [5.74, 6) is -0.213. The van der Waals surface area contributed by atoms with Crippen LogP contribution >= 0.6 is 0 Å². The molecule has 1 saturated heterocycles. The Labute approximate surface area is 107 Å². The predicted octanol–water partition coefficient (Wildman–Crippen LogP) is 2.32. The van der Waals surface area contributed by atoms with Crippen LogP contribution in [0.15, 0.2) is 24.3 Å². The number of hydrogen-bond donors (Lipinski definition) is 1. The first kappa shape index (κ1) is 13.0. The lowest BCUT2D eigenvalue weighted by Crippen LogP contribution is -2.39. The molecular formula is C14H19FN2O. The lowest BCUT2D eigenvalue weighted by molar-refractivity contribution is -0.118. The first-order valence-corrected chi connectivity index (χ1v) is 6.42. The van der Waals surface area contributed by atoms with Gasteiger partial charge in [-0.3, -0.25) is 4.79 Å². The molecule has 1 amide bonds. The van der Waals surface area contributed by atoms with E-state index in [-0.39, 0.29) is 17.8 Å². The molecule has 1 fully saturated rings. The molecule has 1 aliphatic heterocycles. The highest BCUT2D eigenvalue weighted by atomic mass is 19.1. The summed E-state index contributed by atoms with van der Waals surface area (Å²) in [5.41, 5.74) is 0.734. The molecule has 98 valence electrons. The summed E-state index contributed by atoms with van der Waals surface area (Å²) in [7, 11) is 1.73. The normalized spacial score (nSPS) is 19.6. The fourth-order valence-corrected chi connectivity index (χ4v) is 2.25. The van der Waals surface area contributed by atoms with Crippen molar-refractivity contribution in [2.75, 3.05) is 18.5 Å². The minimum atomic E-state index is -0.284. The van der Waals surface area contributed by atoms with Gasteiger partial charge in [0.25, 0.3) is 0 Å². The van der Waals surface area contributed by atoms with E-state index < -0.39 is 0 Å². The molecule has 0 bridgehead atoms. The fourth-order valence-electron chi connectivity index (χ4n) is 2.25. The van der Waals surface area contributed by atoms with Gasteiger partial charge in [-0.05, 0) is 43.7 Å². The molecule has 3 nitrogen and oxygen atoms in total. The third-order valence-corrected chi connectivity index (χ3v) is 3.42. The Morgan fingerprint density at radius 1 is 1.39 bits per heavy atom. The molecule has 0 aromatic heterocycles. The minimum absolute atomic E-state index is 0.0704. The number of carbonyl (C=O) groups excluding carboxylic acids is 1. The van der Waals surface area contributed by atoms with E-state index >= 15 is 0 Å². The average molecular weight is 250 g/mol. The Bertz CT molecular complexity index is 399. The molecule has 1 aromatic rings. The highest BCUT2D eigenvalue weighted by Crippen LogP contribution is 2.16. The zero-order chi connectivity index (χ0) is 13.0. The number of carbonyl (C=O) groups is 1. The molecule has 0 saturated carbocycles. The van der Waals surface area contributed by atoms with Crippen LogP contribution < -0.4 is 10.2 Å². The number of nitrogens with one attached hydrogen (secondary N) is 1. The highest BCUT2D eigenvalue weighted by Gasteiger charge is 2.19. The van der Waals surface area contributed by atoms with Crippen LogP contribution in [0.3, 0.4) is 0 Å². The van der Waals surface area contributed by atoms with Crippen molar-refractivity contribution in [3.8, 4) is 0 Å². The van der Waals surface area contributed by atoms with E-state index in [1.165, 1.54) is 25.0 Å². The van der Waals surface area contributed by atoms with Crippen LogP contribution in [0, 0.1) is 5.82 Å². The molecule has 0 spiro atoms. The van der Waals surface area contributed by atoms with Crippen molar-refractivity contribution >= 4 is 11.6 Å². The predicted molar refractivity (Wildman–Crippen MR) is 70.1 cm³/mol. The Hall–Kier alpha value is -1.42. The zero-order valence-electron chi connectivity index (χ0n) is 10.7. The van der Waals surface area contributed by atoms with E-state index in [1.54, 1.807) is 24.1 Å². The van der Waals surface area contributed by atoms with Crippen molar-refractivity contribution in [3.05, 3.63) is 30.1 Å². The molecule has 0 radical (unpaired) electrons. The molecule has 1 aliphatic rings. The quantitative estimate of drug-likeness (QED) is 0.893. The number of piperidine rings is 1. The number of amides is 1. The van der Waals surface area contributed by atoms with Gasteiger partial charge in [-0.1, -0.05) is 6.42 Å². The van der Waals surface area contributed by atoms with Crippen LogP contribution in [0.1, 0.15) is 25.7 Å². The van der Waals surface area contributed by atoms with Crippen molar-refractivity contribution in [2.24, 2.45) is 0 Å². The van der Waals surface area contributed by atoms with Gasteiger partial charge in [-0.15, -0.1) is 0 Å². The lowest BCUT2D eigenvalue weighted by Gasteiger charge is -2.25. The van der Waals surface area contributed by atoms with Gasteiger partial charge < -0.3 is 10.2 Å². The summed E-state index contributed by atoms with van der Waals surface area (Å²) >= 11 is 0. The first-order chi connectivity index (χ1) is 8.66. The molecule has 1 heterocycles. The summed E-state index contributed by atoms with van der Waals surface area (Å²) in [5, 5.41) is 3.36. The SMILES string of the molecule is CN(C(=O)CC1CCCCN1)c1ccc(F)cc1. The molecule has 1 unspecified atom stereocenters. The van der Waals surface area contributed by atoms with E-state index in [9.17, 15) is 9.18 Å². The number of anilines is 1. The Kier molecular flexibility index (Phi) is 4.31. The Balaban J connectivity index is 1.93. The molecule has 18 heavy (non-hydrogen) atoms. The molecule has 2 rings (SSSR count). The maximum atomic E-state index is 12.8. The van der Waals surface area contributed by atoms with E-state index in [0.717, 1.165) is 18.7 Å². The van der Waals surface area contributed by atoms with E-state index in [1.807, 2.05) is 0 Å². The van der Waals surface area contributed by atoms with Crippen LogP contribution in [0.5, 0.6) is 0 Å². The zero-order valence-corrected chi connectivity index (χ0v) is 10.7. The largest absolute Gasteiger partial charge is 0.315 e. The van der Waals surface area contributed by atoms with Gasteiger partial charge in [-0.25, -0.2) is 4.39 Å². The van der Waals surface area contributed by atoms with Crippen LogP contribution in [-0.4, -0.2) is 25.5 Å². The average Bonchev–Trinajstić information content (AvgIpc) is 2.40. The van der Waals surface area contributed by atoms with Crippen molar-refractivity contribution in [2.45, 2.75) is 31.7 Å². The summed E-state index contributed by atoms with van der Waals surface area (Å²) < 4.78 is 12.8. The van der Waals surface area contributed by atoms with Crippen LogP contribution in [0.25, 0.3) is 0 Å². The number of benzene rings is 1. The summed E-state index contributed by atoms with van der Waals surface area (Å²) in [6, 6.07) is 6.29. The number of nitrogens with zero attached hydrogens (tertiary/aromatic N) is 1.